The van der Waals surface area contributed by atoms with E-state index in [1.54, 1.807) is 0 Å². The van der Waals surface area contributed by atoms with Crippen LogP contribution in [-0.2, 0) is 0 Å². The van der Waals surface area contributed by atoms with Gasteiger partial charge in [0.25, 0.3) is 0 Å². The smallest absolute Gasteiger partial charge is 0.142 e. The molecule has 76 valence electrons. The van der Waals surface area contributed by atoms with Crippen LogP contribution in [0.2, 0.25) is 0 Å². The van der Waals surface area contributed by atoms with E-state index in [-0.39, 0.29) is 0 Å². The third-order valence-corrected chi connectivity index (χ3v) is 2.67. The standard InChI is InChI=1S/C12H17NO/c1-8(2)10-7-12-11(6-9(10)3)13-4-5-14-12/h6-8,13H,4-5H2,1-3H3. The quantitative estimate of drug-likeness (QED) is 0.737. The molecule has 0 radical (unpaired) electrons. The van der Waals surface area contributed by atoms with Crippen molar-refractivity contribution in [2.24, 2.45) is 0 Å². The van der Waals surface area contributed by atoms with E-state index in [4.69, 9.17) is 4.74 Å². The van der Waals surface area contributed by atoms with Gasteiger partial charge in [-0.25, -0.2) is 0 Å². The minimum atomic E-state index is 0.561. The van der Waals surface area contributed by atoms with E-state index in [0.29, 0.717) is 5.92 Å². The van der Waals surface area contributed by atoms with Crippen LogP contribution in [0.1, 0.15) is 30.9 Å². The highest BCUT2D eigenvalue weighted by Gasteiger charge is 2.13. The van der Waals surface area contributed by atoms with E-state index >= 15 is 0 Å². The maximum Gasteiger partial charge on any atom is 0.142 e. The molecule has 0 saturated carbocycles. The van der Waals surface area contributed by atoms with Gasteiger partial charge in [0, 0.05) is 6.54 Å². The van der Waals surface area contributed by atoms with Crippen LogP contribution >= 0.6 is 0 Å². The molecular formula is C12H17NO. The summed E-state index contributed by atoms with van der Waals surface area (Å²) < 4.78 is 5.61. The number of fused-ring (bicyclic) bond motifs is 1. The lowest BCUT2D eigenvalue weighted by Crippen LogP contribution is -2.18. The fourth-order valence-electron chi connectivity index (χ4n) is 1.93. The number of ether oxygens (including phenoxy) is 1. The van der Waals surface area contributed by atoms with E-state index in [1.165, 1.54) is 11.1 Å². The molecule has 0 fully saturated rings. The number of aryl methyl sites for hydroxylation is 1. The minimum absolute atomic E-state index is 0.561. The Kier molecular flexibility index (Phi) is 2.36. The fourth-order valence-corrected chi connectivity index (χ4v) is 1.93. The highest BCUT2D eigenvalue weighted by atomic mass is 16.5. The molecule has 0 aromatic heterocycles. The van der Waals surface area contributed by atoms with Crippen molar-refractivity contribution < 1.29 is 4.74 Å². The van der Waals surface area contributed by atoms with Crippen LogP contribution in [0, 0.1) is 6.92 Å². The van der Waals surface area contributed by atoms with E-state index in [2.05, 4.69) is 38.2 Å². The predicted molar refractivity (Wildman–Crippen MR) is 59.3 cm³/mol. The second kappa shape index (κ2) is 3.52. The molecule has 0 spiro atoms. The normalized spacial score (nSPS) is 14.6. The molecule has 2 rings (SSSR count). The molecule has 14 heavy (non-hydrogen) atoms. The second-order valence-electron chi connectivity index (χ2n) is 4.13. The van der Waals surface area contributed by atoms with Crippen molar-refractivity contribution in [2.45, 2.75) is 26.7 Å². The van der Waals surface area contributed by atoms with Crippen molar-refractivity contribution in [1.82, 2.24) is 0 Å². The first-order chi connectivity index (χ1) is 6.68. The van der Waals surface area contributed by atoms with Gasteiger partial charge in [-0.3, -0.25) is 0 Å². The van der Waals surface area contributed by atoms with Crippen LogP contribution in [0.3, 0.4) is 0 Å². The van der Waals surface area contributed by atoms with Crippen molar-refractivity contribution in [3.63, 3.8) is 0 Å². The SMILES string of the molecule is Cc1cc2c(cc1C(C)C)OCCN2. The molecule has 0 bridgehead atoms. The molecule has 1 heterocycles. The summed E-state index contributed by atoms with van der Waals surface area (Å²) in [6.45, 7) is 8.27. The molecule has 2 heteroatoms. The van der Waals surface area contributed by atoms with Crippen molar-refractivity contribution in [3.05, 3.63) is 23.3 Å². The number of benzene rings is 1. The third-order valence-electron chi connectivity index (χ3n) is 2.67. The van der Waals surface area contributed by atoms with Gasteiger partial charge in [-0.15, -0.1) is 0 Å². The molecule has 1 aliphatic rings. The zero-order chi connectivity index (χ0) is 10.1. The van der Waals surface area contributed by atoms with Gasteiger partial charge in [0.1, 0.15) is 12.4 Å². The zero-order valence-corrected chi connectivity index (χ0v) is 9.05. The van der Waals surface area contributed by atoms with Crippen LogP contribution in [0.25, 0.3) is 0 Å². The summed E-state index contributed by atoms with van der Waals surface area (Å²) in [5.41, 5.74) is 3.86. The van der Waals surface area contributed by atoms with Gasteiger partial charge >= 0.3 is 0 Å². The Labute approximate surface area is 85.3 Å². The van der Waals surface area contributed by atoms with E-state index in [0.717, 1.165) is 24.6 Å². The summed E-state index contributed by atoms with van der Waals surface area (Å²) in [5.74, 6) is 1.57. The molecule has 0 saturated heterocycles. The Morgan fingerprint density at radius 2 is 2.14 bits per heavy atom. The van der Waals surface area contributed by atoms with Crippen molar-refractivity contribution in [2.75, 3.05) is 18.5 Å². The number of rotatable bonds is 1. The van der Waals surface area contributed by atoms with Gasteiger partial charge in [-0.05, 0) is 36.1 Å². The molecule has 1 N–H and O–H groups in total. The summed E-state index contributed by atoms with van der Waals surface area (Å²) in [7, 11) is 0. The highest BCUT2D eigenvalue weighted by molar-refractivity contribution is 5.61. The average Bonchev–Trinajstić information content (AvgIpc) is 2.16. The first kappa shape index (κ1) is 9.38. The van der Waals surface area contributed by atoms with Gasteiger partial charge in [-0.2, -0.15) is 0 Å². The second-order valence-corrected chi connectivity index (χ2v) is 4.13. The third kappa shape index (κ3) is 1.57. The number of hydrogen-bond donors (Lipinski definition) is 1. The lowest BCUT2D eigenvalue weighted by Gasteiger charge is -2.22. The Bertz CT molecular complexity index is 344. The van der Waals surface area contributed by atoms with Crippen LogP contribution < -0.4 is 10.1 Å². The first-order valence-corrected chi connectivity index (χ1v) is 5.19. The molecule has 1 aromatic rings. The summed E-state index contributed by atoms with van der Waals surface area (Å²) >= 11 is 0. The van der Waals surface area contributed by atoms with Gasteiger partial charge < -0.3 is 10.1 Å². The summed E-state index contributed by atoms with van der Waals surface area (Å²) in [4.78, 5) is 0. The molecule has 1 aliphatic heterocycles. The molecule has 2 nitrogen and oxygen atoms in total. The van der Waals surface area contributed by atoms with E-state index < -0.39 is 0 Å². The number of anilines is 1. The maximum atomic E-state index is 5.61. The average molecular weight is 191 g/mol. The zero-order valence-electron chi connectivity index (χ0n) is 9.05. The largest absolute Gasteiger partial charge is 0.490 e. The van der Waals surface area contributed by atoms with Crippen LogP contribution in [0.5, 0.6) is 5.75 Å². The number of nitrogens with one attached hydrogen (secondary N) is 1. The van der Waals surface area contributed by atoms with E-state index in [9.17, 15) is 0 Å². The monoisotopic (exact) mass is 191 g/mol. The van der Waals surface area contributed by atoms with Crippen molar-refractivity contribution in [3.8, 4) is 5.75 Å². The Morgan fingerprint density at radius 1 is 1.36 bits per heavy atom. The summed E-state index contributed by atoms with van der Waals surface area (Å²) in [6, 6.07) is 4.35. The molecular weight excluding hydrogens is 174 g/mol. The first-order valence-electron chi connectivity index (χ1n) is 5.19. The van der Waals surface area contributed by atoms with Gasteiger partial charge in [0.2, 0.25) is 0 Å². The summed E-state index contributed by atoms with van der Waals surface area (Å²) in [6.07, 6.45) is 0. The van der Waals surface area contributed by atoms with Crippen LogP contribution in [0.15, 0.2) is 12.1 Å². The maximum absolute atomic E-state index is 5.61. The Hall–Kier alpha value is -1.18. The van der Waals surface area contributed by atoms with E-state index in [1.807, 2.05) is 0 Å². The van der Waals surface area contributed by atoms with Crippen molar-refractivity contribution in [1.29, 1.82) is 0 Å². The minimum Gasteiger partial charge on any atom is -0.490 e. The van der Waals surface area contributed by atoms with Gasteiger partial charge in [0.15, 0.2) is 0 Å². The summed E-state index contributed by atoms with van der Waals surface area (Å²) in [5, 5.41) is 3.34. The Morgan fingerprint density at radius 3 is 2.86 bits per heavy atom. The van der Waals surface area contributed by atoms with Gasteiger partial charge in [0.05, 0.1) is 5.69 Å². The molecule has 0 amide bonds. The molecule has 1 aromatic carbocycles. The van der Waals surface area contributed by atoms with Crippen molar-refractivity contribution >= 4 is 5.69 Å². The lowest BCUT2D eigenvalue weighted by atomic mass is 9.97. The molecule has 0 atom stereocenters. The van der Waals surface area contributed by atoms with Gasteiger partial charge in [-0.1, -0.05) is 13.8 Å². The van der Waals surface area contributed by atoms with Crippen LogP contribution in [0.4, 0.5) is 5.69 Å². The molecule has 0 aliphatic carbocycles. The lowest BCUT2D eigenvalue weighted by molar-refractivity contribution is 0.322. The number of hydrogen-bond acceptors (Lipinski definition) is 2. The van der Waals surface area contributed by atoms with Crippen LogP contribution in [-0.4, -0.2) is 13.2 Å². The Balaban J connectivity index is 2.45. The topological polar surface area (TPSA) is 21.3 Å². The highest BCUT2D eigenvalue weighted by Crippen LogP contribution is 2.33. The predicted octanol–water partition coefficient (Wildman–Crippen LogP) is 2.92. The fraction of sp³-hybridized carbons (Fsp3) is 0.500. The molecule has 0 unspecified atom stereocenters.